The number of nitriles is 1. The molecule has 1 aromatic heterocycles. The van der Waals surface area contributed by atoms with E-state index < -0.39 is 39.4 Å². The molecule has 0 saturated carbocycles. The van der Waals surface area contributed by atoms with Crippen LogP contribution in [0.5, 0.6) is 0 Å². The Labute approximate surface area is 184 Å². The molecule has 0 atom stereocenters. The molecular formula is C21H21FN4O5S. The lowest BCUT2D eigenvalue weighted by Gasteiger charge is -2.39. The van der Waals surface area contributed by atoms with Gasteiger partial charge in [0, 0.05) is 18.7 Å². The fraction of sp³-hybridized carbons (Fsp3) is 0.333. The molecule has 168 valence electrons. The summed E-state index contributed by atoms with van der Waals surface area (Å²) >= 11 is 0. The van der Waals surface area contributed by atoms with Gasteiger partial charge in [-0.3, -0.25) is 9.52 Å². The summed E-state index contributed by atoms with van der Waals surface area (Å²) in [5, 5.41) is 9.45. The molecule has 0 bridgehead atoms. The number of halogens is 1. The first kappa shape index (κ1) is 23.1. The molecule has 11 heteroatoms. The van der Waals surface area contributed by atoms with E-state index in [2.05, 4.69) is 4.98 Å². The average Bonchev–Trinajstić information content (AvgIpc) is 2.68. The summed E-state index contributed by atoms with van der Waals surface area (Å²) in [6, 6.07) is 8.80. The van der Waals surface area contributed by atoms with Crippen LogP contribution in [0.3, 0.4) is 0 Å². The van der Waals surface area contributed by atoms with Crippen LogP contribution in [0.15, 0.2) is 30.3 Å². The zero-order chi connectivity index (χ0) is 23.5. The van der Waals surface area contributed by atoms with Gasteiger partial charge in [-0.2, -0.15) is 5.26 Å². The Balaban J connectivity index is 1.66. The number of hydrogen-bond donors (Lipinski definition) is 1. The number of aromatic nitrogens is 1. The van der Waals surface area contributed by atoms with E-state index in [4.69, 9.17) is 4.74 Å². The first-order valence-electron chi connectivity index (χ1n) is 9.76. The third-order valence-corrected chi connectivity index (χ3v) is 6.12. The topological polar surface area (TPSA) is 129 Å². The molecule has 2 heterocycles. The average molecular weight is 460 g/mol. The van der Waals surface area contributed by atoms with Crippen molar-refractivity contribution in [2.45, 2.75) is 19.6 Å². The summed E-state index contributed by atoms with van der Waals surface area (Å²) in [4.78, 5) is 30.3. The van der Waals surface area contributed by atoms with Crippen molar-refractivity contribution in [3.8, 4) is 6.07 Å². The maximum absolute atomic E-state index is 13.7. The van der Waals surface area contributed by atoms with E-state index >= 15 is 0 Å². The maximum atomic E-state index is 13.7. The van der Waals surface area contributed by atoms with Crippen molar-refractivity contribution < 1.29 is 27.1 Å². The minimum absolute atomic E-state index is 0.0388. The number of aryl methyl sites for hydroxylation is 1. The molecule has 1 aromatic carbocycles. The number of carbonyl (C=O) groups excluding carboxylic acids is 2. The second-order valence-electron chi connectivity index (χ2n) is 7.24. The third kappa shape index (κ3) is 5.03. The molecule has 1 saturated heterocycles. The van der Waals surface area contributed by atoms with Crippen LogP contribution in [-0.4, -0.2) is 45.0 Å². The molecule has 32 heavy (non-hydrogen) atoms. The first-order valence-corrected chi connectivity index (χ1v) is 11.4. The lowest BCUT2D eigenvalue weighted by atomic mass is 9.98. The highest BCUT2D eigenvalue weighted by atomic mass is 32.2. The maximum Gasteiger partial charge on any atom is 0.340 e. The number of ether oxygens (including phenoxy) is 1. The lowest BCUT2D eigenvalue weighted by molar-refractivity contribution is -0.123. The van der Waals surface area contributed by atoms with Crippen LogP contribution in [0.4, 0.5) is 10.2 Å². The van der Waals surface area contributed by atoms with Gasteiger partial charge in [0.2, 0.25) is 15.9 Å². The van der Waals surface area contributed by atoms with Crippen molar-refractivity contribution in [3.63, 3.8) is 0 Å². The van der Waals surface area contributed by atoms with Gasteiger partial charge in [-0.15, -0.1) is 0 Å². The molecule has 1 N–H and O–H groups in total. The Morgan fingerprint density at radius 1 is 1.34 bits per heavy atom. The largest absolute Gasteiger partial charge is 0.462 e. The highest BCUT2D eigenvalue weighted by Gasteiger charge is 2.37. The molecule has 1 amide bonds. The normalized spacial score (nSPS) is 13.8. The minimum atomic E-state index is -4.08. The van der Waals surface area contributed by atoms with E-state index in [1.807, 2.05) is 10.8 Å². The number of esters is 1. The summed E-state index contributed by atoms with van der Waals surface area (Å²) < 4.78 is 45.1. The molecule has 1 aliphatic heterocycles. The van der Waals surface area contributed by atoms with Crippen molar-refractivity contribution >= 4 is 27.7 Å². The number of hydrogen-bond acceptors (Lipinski definition) is 8. The van der Waals surface area contributed by atoms with Crippen molar-refractivity contribution in [1.29, 1.82) is 5.26 Å². The molecule has 0 unspecified atom stereocenters. The fourth-order valence-corrected chi connectivity index (χ4v) is 4.43. The summed E-state index contributed by atoms with van der Waals surface area (Å²) in [5.74, 6) is -2.97. The van der Waals surface area contributed by atoms with Gasteiger partial charge in [-0.25, -0.2) is 22.6 Å². The zero-order valence-electron chi connectivity index (χ0n) is 17.5. The van der Waals surface area contributed by atoms with Crippen molar-refractivity contribution in [1.82, 2.24) is 9.71 Å². The lowest BCUT2D eigenvalue weighted by Crippen LogP contribution is -2.55. The van der Waals surface area contributed by atoms with E-state index in [0.717, 1.165) is 6.07 Å². The van der Waals surface area contributed by atoms with Gasteiger partial charge in [-0.1, -0.05) is 18.2 Å². The summed E-state index contributed by atoms with van der Waals surface area (Å²) in [5.41, 5.74) is 0.659. The van der Waals surface area contributed by atoms with Crippen LogP contribution in [0.1, 0.15) is 34.1 Å². The number of pyridine rings is 1. The fourth-order valence-electron chi connectivity index (χ4n) is 3.24. The number of rotatable bonds is 7. The number of amides is 1. The third-order valence-electron chi connectivity index (χ3n) is 4.92. The van der Waals surface area contributed by atoms with E-state index in [-0.39, 0.29) is 36.4 Å². The highest BCUT2D eigenvalue weighted by Crippen LogP contribution is 2.28. The number of anilines is 1. The molecule has 2 aromatic rings. The summed E-state index contributed by atoms with van der Waals surface area (Å²) in [6.45, 7) is 3.74. The van der Waals surface area contributed by atoms with Gasteiger partial charge in [0.15, 0.2) is 0 Å². The van der Waals surface area contributed by atoms with Crippen molar-refractivity contribution in [2.24, 2.45) is 5.92 Å². The smallest absolute Gasteiger partial charge is 0.340 e. The Morgan fingerprint density at radius 2 is 2.03 bits per heavy atom. The van der Waals surface area contributed by atoms with E-state index in [9.17, 15) is 27.7 Å². The monoisotopic (exact) mass is 460 g/mol. The molecule has 0 radical (unpaired) electrons. The Morgan fingerprint density at radius 3 is 2.66 bits per heavy atom. The first-order chi connectivity index (χ1) is 15.1. The van der Waals surface area contributed by atoms with Gasteiger partial charge >= 0.3 is 5.97 Å². The van der Waals surface area contributed by atoms with Gasteiger partial charge in [0.05, 0.1) is 35.1 Å². The van der Waals surface area contributed by atoms with Crippen LogP contribution >= 0.6 is 0 Å². The minimum Gasteiger partial charge on any atom is -0.462 e. The van der Waals surface area contributed by atoms with Crippen LogP contribution < -0.4 is 9.62 Å². The van der Waals surface area contributed by atoms with E-state index in [1.165, 1.54) is 24.3 Å². The van der Waals surface area contributed by atoms with Crippen LogP contribution in [0.2, 0.25) is 0 Å². The van der Waals surface area contributed by atoms with Crippen molar-refractivity contribution in [3.05, 3.63) is 58.5 Å². The SMILES string of the molecule is CCOC(=O)c1cc(C#N)c(N2CC(C(=O)NS(=O)(=O)Cc3ccccc3F)C2)nc1C. The second kappa shape index (κ2) is 9.32. The van der Waals surface area contributed by atoms with Crippen molar-refractivity contribution in [2.75, 3.05) is 24.6 Å². The number of carbonyl (C=O) groups is 2. The summed E-state index contributed by atoms with van der Waals surface area (Å²) in [6.07, 6.45) is 0. The van der Waals surface area contributed by atoms with E-state index in [0.29, 0.717) is 11.5 Å². The van der Waals surface area contributed by atoms with E-state index in [1.54, 1.807) is 18.7 Å². The van der Waals surface area contributed by atoms with Crippen LogP contribution in [0.25, 0.3) is 0 Å². The molecule has 0 spiro atoms. The molecule has 1 aliphatic rings. The number of nitrogens with one attached hydrogen (secondary N) is 1. The van der Waals surface area contributed by atoms with Gasteiger partial charge in [0.1, 0.15) is 17.7 Å². The predicted molar refractivity (Wildman–Crippen MR) is 113 cm³/mol. The van der Waals surface area contributed by atoms with Gasteiger partial charge in [0.25, 0.3) is 0 Å². The van der Waals surface area contributed by atoms with Crippen LogP contribution in [-0.2, 0) is 25.3 Å². The molecular weight excluding hydrogens is 439 g/mol. The number of benzene rings is 1. The highest BCUT2D eigenvalue weighted by molar-refractivity contribution is 7.89. The number of nitrogens with zero attached hydrogens (tertiary/aromatic N) is 3. The Hall–Kier alpha value is -3.52. The van der Waals surface area contributed by atoms with Gasteiger partial charge in [-0.05, 0) is 26.0 Å². The molecule has 0 aliphatic carbocycles. The Kier molecular flexibility index (Phi) is 6.74. The predicted octanol–water partition coefficient (Wildman–Crippen LogP) is 1.66. The standard InChI is InChI=1S/C21H21FN4O5S/c1-3-31-21(28)17-8-15(9-23)19(24-13(17)2)26-10-16(11-26)20(27)25-32(29,30)12-14-6-4-5-7-18(14)22/h4-8,16H,3,10-12H2,1-2H3,(H,25,27). The number of sulfonamides is 1. The Bertz CT molecular complexity index is 1200. The molecule has 3 rings (SSSR count). The second-order valence-corrected chi connectivity index (χ2v) is 8.97. The summed E-state index contributed by atoms with van der Waals surface area (Å²) in [7, 11) is -4.08. The van der Waals surface area contributed by atoms with Gasteiger partial charge < -0.3 is 9.64 Å². The quantitative estimate of drug-likeness (QED) is 0.618. The molecule has 1 fully saturated rings. The van der Waals surface area contributed by atoms with Crippen LogP contribution in [0, 0.1) is 30.0 Å². The zero-order valence-corrected chi connectivity index (χ0v) is 18.3. The molecule has 9 nitrogen and oxygen atoms in total.